The van der Waals surface area contributed by atoms with Crippen molar-refractivity contribution >= 4 is 69.2 Å². The number of hydrogen-bond donors (Lipinski definition) is 0. The van der Waals surface area contributed by atoms with Crippen LogP contribution in [0.3, 0.4) is 0 Å². The molecule has 0 nitrogen and oxygen atoms in total. The lowest BCUT2D eigenvalue weighted by Crippen LogP contribution is -2.49. The third kappa shape index (κ3) is 4.24. The maximum atomic E-state index is 2.54. The second-order valence-corrected chi connectivity index (χ2v) is 25.0. The average Bonchev–Trinajstić information content (AvgIpc) is 3.59. The Bertz CT molecular complexity index is 2880. The van der Waals surface area contributed by atoms with Crippen LogP contribution in [-0.4, -0.2) is 16.1 Å². The van der Waals surface area contributed by atoms with Crippen molar-refractivity contribution in [3.05, 3.63) is 170 Å². The molecule has 0 N–H and O–H groups in total. The second-order valence-electron chi connectivity index (χ2n) is 16.4. The first-order valence-electron chi connectivity index (χ1n) is 19.3. The molecule has 0 aromatic heterocycles. The van der Waals surface area contributed by atoms with Gasteiger partial charge in [0.25, 0.3) is 0 Å². The first kappa shape index (κ1) is 31.7. The van der Waals surface area contributed by atoms with Crippen LogP contribution in [0, 0.1) is 0 Å². The maximum absolute atomic E-state index is 2.54. The van der Waals surface area contributed by atoms with Gasteiger partial charge < -0.3 is 0 Å². The number of hydrogen-bond acceptors (Lipinski definition) is 0. The minimum atomic E-state index is -1.85. The van der Waals surface area contributed by atoms with Crippen molar-refractivity contribution in [1.82, 2.24) is 0 Å². The van der Waals surface area contributed by atoms with Crippen molar-refractivity contribution in [2.75, 3.05) is 0 Å². The molecule has 11 rings (SSSR count). The fourth-order valence-electron chi connectivity index (χ4n) is 10.3. The number of fused-ring (bicyclic) bond motifs is 9. The van der Waals surface area contributed by atoms with Crippen LogP contribution in [-0.2, 0) is 0 Å². The second kappa shape index (κ2) is 11.4. The highest BCUT2D eigenvalue weighted by molar-refractivity contribution is 7.04. The Morgan fingerprint density at radius 3 is 1.20 bits per heavy atom. The van der Waals surface area contributed by atoms with Gasteiger partial charge in [0, 0.05) is 0 Å². The van der Waals surface area contributed by atoms with Crippen molar-refractivity contribution in [2.45, 2.75) is 26.2 Å². The summed E-state index contributed by atoms with van der Waals surface area (Å²) >= 11 is 0. The zero-order chi connectivity index (χ0) is 36.3. The average molecular weight is 721 g/mol. The number of benzene rings is 9. The Morgan fingerprint density at radius 1 is 0.259 bits per heavy atom. The van der Waals surface area contributed by atoms with Crippen LogP contribution in [0.25, 0.3) is 88.0 Å². The van der Waals surface area contributed by atoms with Gasteiger partial charge in [0.2, 0.25) is 0 Å². The summed E-state index contributed by atoms with van der Waals surface area (Å²) < 4.78 is 0. The maximum Gasteiger partial charge on any atom is 0.113 e. The van der Waals surface area contributed by atoms with E-state index in [-0.39, 0.29) is 0 Å². The molecule has 0 atom stereocenters. The van der Waals surface area contributed by atoms with Gasteiger partial charge in [-0.2, -0.15) is 0 Å². The van der Waals surface area contributed by atoms with E-state index in [0.717, 1.165) is 0 Å². The van der Waals surface area contributed by atoms with Gasteiger partial charge in [-0.15, -0.1) is 0 Å². The quantitative estimate of drug-likeness (QED) is 0.126. The molecule has 9 aromatic rings. The van der Waals surface area contributed by atoms with Crippen LogP contribution < -0.4 is 20.7 Å². The Labute approximate surface area is 319 Å². The fraction of sp³-hybridized carbons (Fsp3) is 0.0769. The lowest BCUT2D eigenvalue weighted by atomic mass is 9.83. The fourth-order valence-corrected chi connectivity index (χ4v) is 16.5. The molecule has 2 aliphatic heterocycles. The zero-order valence-corrected chi connectivity index (χ0v) is 33.2. The molecule has 54 heavy (non-hydrogen) atoms. The minimum absolute atomic E-state index is 1.27. The van der Waals surface area contributed by atoms with E-state index in [0.29, 0.717) is 0 Å². The molecule has 0 saturated heterocycles. The van der Waals surface area contributed by atoms with Crippen LogP contribution in [0.15, 0.2) is 170 Å². The summed E-state index contributed by atoms with van der Waals surface area (Å²) in [5, 5.41) is 13.9. The summed E-state index contributed by atoms with van der Waals surface area (Å²) in [7, 11) is -3.70. The van der Waals surface area contributed by atoms with Gasteiger partial charge in [0.05, 0.1) is 0 Å². The van der Waals surface area contributed by atoms with E-state index in [1.807, 2.05) is 0 Å². The number of rotatable bonds is 3. The molecule has 0 radical (unpaired) electrons. The van der Waals surface area contributed by atoms with E-state index in [4.69, 9.17) is 0 Å². The molecule has 0 saturated carbocycles. The third-order valence-electron chi connectivity index (χ3n) is 12.9. The van der Waals surface area contributed by atoms with Gasteiger partial charge in [-0.1, -0.05) is 190 Å². The molecule has 0 spiro atoms. The topological polar surface area (TPSA) is 0 Å². The Kier molecular flexibility index (Phi) is 6.66. The highest BCUT2D eigenvalue weighted by atomic mass is 28.3. The lowest BCUT2D eigenvalue weighted by molar-refractivity contribution is 1.64. The van der Waals surface area contributed by atoms with Crippen LogP contribution >= 0.6 is 0 Å². The van der Waals surface area contributed by atoms with Crippen LogP contribution in [0.4, 0.5) is 0 Å². The van der Waals surface area contributed by atoms with Gasteiger partial charge >= 0.3 is 0 Å². The van der Waals surface area contributed by atoms with Crippen LogP contribution in [0.1, 0.15) is 0 Å². The van der Waals surface area contributed by atoms with E-state index in [9.17, 15) is 0 Å². The summed E-state index contributed by atoms with van der Waals surface area (Å²) in [5.74, 6) is 0. The highest BCUT2D eigenvalue weighted by Gasteiger charge is 2.40. The summed E-state index contributed by atoms with van der Waals surface area (Å²) in [6.45, 7) is 10.1. The predicted molar refractivity (Wildman–Crippen MR) is 240 cm³/mol. The molecule has 0 bridgehead atoms. The van der Waals surface area contributed by atoms with Gasteiger partial charge in [0.15, 0.2) is 0 Å². The standard InChI is InChI=1S/C52H40Si2/c1-53(2)46-28-9-7-19-42(46)51-38(26-14-30-48(51)53)35-21-12-24-40-44(35)32-45-36(39-27-15-31-49-52(39)43-20-8-10-29-47(43)54(49,3)4)22-13-25-41(45)50(40)37-23-11-17-33-16-5-6-18-34(33)37/h5-32H,1-4H3. The molecular formula is C52H40Si2. The highest BCUT2D eigenvalue weighted by Crippen LogP contribution is 2.48. The molecular weight excluding hydrogens is 681 g/mol. The summed E-state index contributed by atoms with van der Waals surface area (Å²) in [6, 6.07) is 64.8. The van der Waals surface area contributed by atoms with Crippen LogP contribution in [0.2, 0.25) is 26.2 Å². The van der Waals surface area contributed by atoms with Gasteiger partial charge in [-0.25, -0.2) is 0 Å². The van der Waals surface area contributed by atoms with Crippen molar-refractivity contribution in [1.29, 1.82) is 0 Å². The molecule has 2 aliphatic rings. The molecule has 256 valence electrons. The largest absolute Gasteiger partial charge is 0.113 e. The van der Waals surface area contributed by atoms with E-state index >= 15 is 0 Å². The smallest absolute Gasteiger partial charge is 0.0623 e. The Morgan fingerprint density at radius 2 is 0.630 bits per heavy atom. The molecule has 2 heterocycles. The third-order valence-corrected chi connectivity index (χ3v) is 20.0. The summed E-state index contributed by atoms with van der Waals surface area (Å²) in [5.41, 5.74) is 13.6. The van der Waals surface area contributed by atoms with E-state index in [1.165, 1.54) is 88.0 Å². The molecule has 0 amide bonds. The normalized spacial score (nSPS) is 14.6. The Balaban J connectivity index is 1.29. The molecule has 9 aromatic carbocycles. The van der Waals surface area contributed by atoms with Gasteiger partial charge in [-0.05, 0) is 115 Å². The van der Waals surface area contributed by atoms with Gasteiger partial charge in [0.1, 0.15) is 16.1 Å². The zero-order valence-electron chi connectivity index (χ0n) is 31.2. The predicted octanol–water partition coefficient (Wildman–Crippen LogP) is 11.8. The summed E-state index contributed by atoms with van der Waals surface area (Å²) in [4.78, 5) is 0. The van der Waals surface area contributed by atoms with Crippen molar-refractivity contribution in [3.63, 3.8) is 0 Å². The first-order chi connectivity index (χ1) is 26.3. The summed E-state index contributed by atoms with van der Waals surface area (Å²) in [6.07, 6.45) is 0. The molecule has 0 fully saturated rings. The van der Waals surface area contributed by atoms with Crippen LogP contribution in [0.5, 0.6) is 0 Å². The van der Waals surface area contributed by atoms with Crippen molar-refractivity contribution in [2.24, 2.45) is 0 Å². The first-order valence-corrected chi connectivity index (χ1v) is 25.3. The monoisotopic (exact) mass is 720 g/mol. The lowest BCUT2D eigenvalue weighted by Gasteiger charge is -2.21. The van der Waals surface area contributed by atoms with E-state index < -0.39 is 16.1 Å². The van der Waals surface area contributed by atoms with Crippen molar-refractivity contribution in [3.8, 4) is 55.6 Å². The van der Waals surface area contributed by atoms with Gasteiger partial charge in [-0.3, -0.25) is 0 Å². The molecule has 2 heteroatoms. The Hall–Kier alpha value is -5.81. The molecule has 0 aliphatic carbocycles. The molecule has 0 unspecified atom stereocenters. The van der Waals surface area contributed by atoms with E-state index in [2.05, 4.69) is 196 Å². The SMILES string of the molecule is C[Si]1(C)c2ccccc2-c2c(-c3cccc4c(-c5cccc6ccccc56)c5cccc(-c6cccc7c6-c6ccccc6[Si]7(C)C)c5cc34)cccc21. The van der Waals surface area contributed by atoms with Crippen molar-refractivity contribution < 1.29 is 0 Å². The minimum Gasteiger partial charge on any atom is -0.0623 e. The van der Waals surface area contributed by atoms with E-state index in [1.54, 1.807) is 20.7 Å².